The van der Waals surface area contributed by atoms with Crippen molar-refractivity contribution in [3.05, 3.63) is 34.6 Å². The summed E-state index contributed by atoms with van der Waals surface area (Å²) in [4.78, 5) is 26.1. The van der Waals surface area contributed by atoms with Gasteiger partial charge in [0.05, 0.1) is 28.9 Å². The normalized spacial score (nSPS) is 24.7. The average molecular weight is 306 g/mol. The van der Waals surface area contributed by atoms with Crippen molar-refractivity contribution < 1.29 is 19.6 Å². The molecule has 1 fully saturated rings. The first-order chi connectivity index (χ1) is 10.5. The molecule has 0 unspecified atom stereocenters. The zero-order chi connectivity index (χ0) is 15.9. The number of nitrogens with zero attached hydrogens (tertiary/aromatic N) is 3. The van der Waals surface area contributed by atoms with E-state index in [1.54, 1.807) is 16.8 Å². The Kier molecular flexibility index (Phi) is 3.51. The van der Waals surface area contributed by atoms with Gasteiger partial charge in [0.25, 0.3) is 5.69 Å². The molecule has 22 heavy (non-hydrogen) atoms. The van der Waals surface area contributed by atoms with Gasteiger partial charge in [0.15, 0.2) is 0 Å². The zero-order valence-electron chi connectivity index (χ0n) is 11.5. The highest BCUT2D eigenvalue weighted by molar-refractivity contribution is 5.86. The number of rotatable bonds is 4. The van der Waals surface area contributed by atoms with Crippen LogP contribution in [0.15, 0.2) is 24.5 Å². The lowest BCUT2D eigenvalue weighted by atomic mass is 10.0. The number of aromatic nitrogens is 2. The number of hydrogen-bond donors (Lipinski definition) is 2. The van der Waals surface area contributed by atoms with Crippen molar-refractivity contribution in [1.82, 2.24) is 9.55 Å². The van der Waals surface area contributed by atoms with Crippen LogP contribution >= 0.6 is 0 Å². The van der Waals surface area contributed by atoms with Crippen LogP contribution in [0.2, 0.25) is 0 Å². The number of aliphatic hydroxyl groups is 1. The quantitative estimate of drug-likeness (QED) is 0.617. The summed E-state index contributed by atoms with van der Waals surface area (Å²) in [5, 5.41) is 20.7. The number of pyridine rings is 1. The van der Waals surface area contributed by atoms with Crippen molar-refractivity contribution in [2.24, 2.45) is 11.7 Å². The van der Waals surface area contributed by atoms with Crippen molar-refractivity contribution in [2.75, 3.05) is 6.61 Å². The van der Waals surface area contributed by atoms with E-state index < -0.39 is 29.1 Å². The minimum absolute atomic E-state index is 0.0492. The van der Waals surface area contributed by atoms with Gasteiger partial charge in [-0.25, -0.2) is 4.98 Å². The van der Waals surface area contributed by atoms with E-state index in [0.717, 1.165) is 0 Å². The highest BCUT2D eigenvalue weighted by Gasteiger charge is 2.39. The molecule has 0 bridgehead atoms. The smallest absolute Gasteiger partial charge is 0.281 e. The molecule has 1 aliphatic rings. The van der Waals surface area contributed by atoms with Crippen molar-refractivity contribution in [2.45, 2.75) is 18.8 Å². The Balaban J connectivity index is 2.00. The third kappa shape index (κ3) is 2.20. The number of fused-ring (bicyclic) bond motifs is 1. The van der Waals surface area contributed by atoms with E-state index in [9.17, 15) is 20.0 Å². The van der Waals surface area contributed by atoms with E-state index in [1.165, 1.54) is 12.3 Å². The minimum Gasteiger partial charge on any atom is -0.394 e. The number of aliphatic hydroxyl groups excluding tert-OH is 1. The first-order valence-electron chi connectivity index (χ1n) is 6.68. The van der Waals surface area contributed by atoms with Crippen molar-refractivity contribution >= 4 is 22.6 Å². The fourth-order valence-corrected chi connectivity index (χ4v) is 2.80. The van der Waals surface area contributed by atoms with E-state index in [1.807, 2.05) is 0 Å². The summed E-state index contributed by atoms with van der Waals surface area (Å²) in [6.07, 6.45) is 2.02. The second-order valence-electron chi connectivity index (χ2n) is 5.10. The summed E-state index contributed by atoms with van der Waals surface area (Å²) >= 11 is 0. The number of amides is 1. The number of primary amides is 1. The molecule has 2 aromatic rings. The number of carbonyl (C=O) groups is 1. The second-order valence-corrected chi connectivity index (χ2v) is 5.10. The summed E-state index contributed by atoms with van der Waals surface area (Å²) < 4.78 is 7.26. The second kappa shape index (κ2) is 5.35. The first kappa shape index (κ1) is 14.4. The molecule has 1 aliphatic heterocycles. The van der Waals surface area contributed by atoms with E-state index in [4.69, 9.17) is 10.5 Å². The summed E-state index contributed by atoms with van der Waals surface area (Å²) in [6.45, 7) is -0.323. The van der Waals surface area contributed by atoms with Crippen molar-refractivity contribution in [3.63, 3.8) is 0 Å². The summed E-state index contributed by atoms with van der Waals surface area (Å²) in [7, 11) is 0. The van der Waals surface area contributed by atoms with Crippen LogP contribution in [0.5, 0.6) is 0 Å². The third-order valence-electron chi connectivity index (χ3n) is 3.88. The standard InChI is InChI=1S/C13H14N4O5/c14-12(19)8-5-11(22-10(8)6-18)16-4-2-7-9(17(20)21)1-3-15-13(7)16/h1-4,8,10-11,18H,5-6H2,(H2,14,19)/t8-,10+,11+/m0/s1. The van der Waals surface area contributed by atoms with Crippen molar-refractivity contribution in [3.8, 4) is 0 Å². The van der Waals surface area contributed by atoms with Gasteiger partial charge >= 0.3 is 0 Å². The molecular formula is C13H14N4O5. The van der Waals surface area contributed by atoms with E-state index in [-0.39, 0.29) is 18.7 Å². The number of hydrogen-bond acceptors (Lipinski definition) is 6. The van der Waals surface area contributed by atoms with Gasteiger partial charge < -0.3 is 20.1 Å². The molecular weight excluding hydrogens is 292 g/mol. The van der Waals surface area contributed by atoms with Gasteiger partial charge in [-0.2, -0.15) is 0 Å². The number of carbonyl (C=O) groups excluding carboxylic acids is 1. The molecule has 1 saturated heterocycles. The lowest BCUT2D eigenvalue weighted by Crippen LogP contribution is -2.32. The Morgan fingerprint density at radius 2 is 2.36 bits per heavy atom. The van der Waals surface area contributed by atoms with Gasteiger partial charge in [-0.1, -0.05) is 0 Å². The van der Waals surface area contributed by atoms with Gasteiger partial charge in [-0.3, -0.25) is 14.9 Å². The summed E-state index contributed by atoms with van der Waals surface area (Å²) in [5.41, 5.74) is 5.65. The first-order valence-corrected chi connectivity index (χ1v) is 6.68. The number of nitro groups is 1. The highest BCUT2D eigenvalue weighted by atomic mass is 16.6. The number of ether oxygens (including phenoxy) is 1. The molecule has 2 aromatic heterocycles. The maximum absolute atomic E-state index is 11.4. The molecule has 116 valence electrons. The average Bonchev–Trinajstić information content (AvgIpc) is 3.09. The fourth-order valence-electron chi connectivity index (χ4n) is 2.80. The van der Waals surface area contributed by atoms with Gasteiger partial charge in [-0.15, -0.1) is 0 Å². The van der Waals surface area contributed by atoms with E-state index in [0.29, 0.717) is 11.0 Å². The molecule has 1 amide bonds. The Labute approximate surface area is 124 Å². The van der Waals surface area contributed by atoms with Crippen LogP contribution in [-0.4, -0.2) is 38.2 Å². The molecule has 0 radical (unpaired) electrons. The monoisotopic (exact) mass is 306 g/mol. The van der Waals surface area contributed by atoms with Crippen LogP contribution < -0.4 is 5.73 Å². The summed E-state index contributed by atoms with van der Waals surface area (Å²) in [5.74, 6) is -1.15. The maximum atomic E-state index is 11.4. The molecule has 3 rings (SSSR count). The van der Waals surface area contributed by atoms with Crippen LogP contribution in [0, 0.1) is 16.0 Å². The predicted molar refractivity (Wildman–Crippen MR) is 74.7 cm³/mol. The molecule has 0 aromatic carbocycles. The SMILES string of the molecule is NC(=O)[C@H]1C[C@H](n2ccc3c([N+](=O)[O-])ccnc32)O[C@@H]1CO. The van der Waals surface area contributed by atoms with Crippen molar-refractivity contribution in [1.29, 1.82) is 0 Å². The lowest BCUT2D eigenvalue weighted by molar-refractivity contribution is -0.383. The summed E-state index contributed by atoms with van der Waals surface area (Å²) in [6, 6.07) is 2.90. The fraction of sp³-hybridized carbons (Fsp3) is 0.385. The Hall–Kier alpha value is -2.52. The molecule has 3 atom stereocenters. The van der Waals surface area contributed by atoms with E-state index >= 15 is 0 Å². The zero-order valence-corrected chi connectivity index (χ0v) is 11.5. The largest absolute Gasteiger partial charge is 0.394 e. The van der Waals surface area contributed by atoms with Crippen LogP contribution in [0.25, 0.3) is 11.0 Å². The molecule has 0 spiro atoms. The van der Waals surface area contributed by atoms with E-state index in [2.05, 4.69) is 4.98 Å². The predicted octanol–water partition coefficient (Wildman–Crippen LogP) is 0.326. The Bertz CT molecular complexity index is 743. The lowest BCUT2D eigenvalue weighted by Gasteiger charge is -2.14. The Morgan fingerprint density at radius 3 is 2.95 bits per heavy atom. The molecule has 0 aliphatic carbocycles. The van der Waals surface area contributed by atoms with Gasteiger partial charge in [0.1, 0.15) is 11.9 Å². The van der Waals surface area contributed by atoms with Gasteiger partial charge in [0, 0.05) is 24.9 Å². The number of nitrogens with two attached hydrogens (primary N) is 1. The highest BCUT2D eigenvalue weighted by Crippen LogP contribution is 2.36. The molecule has 0 saturated carbocycles. The van der Waals surface area contributed by atoms with Gasteiger partial charge in [-0.05, 0) is 6.07 Å². The minimum atomic E-state index is -0.682. The molecule has 3 N–H and O–H groups in total. The maximum Gasteiger partial charge on any atom is 0.281 e. The van der Waals surface area contributed by atoms with Crippen LogP contribution in [0.1, 0.15) is 12.6 Å². The van der Waals surface area contributed by atoms with Crippen LogP contribution in [0.4, 0.5) is 5.69 Å². The van der Waals surface area contributed by atoms with Crippen LogP contribution in [0.3, 0.4) is 0 Å². The van der Waals surface area contributed by atoms with Crippen LogP contribution in [-0.2, 0) is 9.53 Å². The third-order valence-corrected chi connectivity index (χ3v) is 3.88. The molecule has 9 nitrogen and oxygen atoms in total. The molecule has 3 heterocycles. The Morgan fingerprint density at radius 1 is 1.59 bits per heavy atom. The topological polar surface area (TPSA) is 134 Å². The van der Waals surface area contributed by atoms with Gasteiger partial charge in [0.2, 0.25) is 5.91 Å². The molecule has 9 heteroatoms.